The summed E-state index contributed by atoms with van der Waals surface area (Å²) in [6.07, 6.45) is 6.43. The SMILES string of the molecule is CC(C)(C)CCc1ccc(C2(C)CC(=O)NC=C2C(C)(C)CCC=O)cc1Cl. The number of carbonyl (C=O) groups excluding carboxylic acids is 2. The zero-order valence-electron chi connectivity index (χ0n) is 18.1. The van der Waals surface area contributed by atoms with Crippen molar-refractivity contribution in [2.24, 2.45) is 10.8 Å². The molecule has 0 saturated carbocycles. The molecule has 4 heteroatoms. The normalized spacial score (nSPS) is 20.5. The predicted octanol–water partition coefficient (Wildman–Crippen LogP) is 5.99. The van der Waals surface area contributed by atoms with E-state index in [9.17, 15) is 9.59 Å². The van der Waals surface area contributed by atoms with E-state index in [1.165, 1.54) is 0 Å². The van der Waals surface area contributed by atoms with E-state index in [1.807, 2.05) is 12.3 Å². The maximum absolute atomic E-state index is 12.3. The van der Waals surface area contributed by atoms with Gasteiger partial charge in [-0.1, -0.05) is 65.3 Å². The fourth-order valence-corrected chi connectivity index (χ4v) is 4.41. The monoisotopic (exact) mass is 403 g/mol. The highest BCUT2D eigenvalue weighted by Gasteiger charge is 2.43. The first kappa shape index (κ1) is 22.7. The van der Waals surface area contributed by atoms with Crippen molar-refractivity contribution in [3.8, 4) is 0 Å². The van der Waals surface area contributed by atoms with E-state index in [0.717, 1.165) is 47.3 Å². The van der Waals surface area contributed by atoms with E-state index in [1.54, 1.807) is 0 Å². The Labute approximate surface area is 174 Å². The van der Waals surface area contributed by atoms with Crippen molar-refractivity contribution in [2.45, 2.75) is 79.1 Å². The van der Waals surface area contributed by atoms with E-state index in [2.05, 4.69) is 59.0 Å². The summed E-state index contributed by atoms with van der Waals surface area (Å²) in [5, 5.41) is 3.64. The van der Waals surface area contributed by atoms with Gasteiger partial charge >= 0.3 is 0 Å². The molecule has 1 amide bonds. The molecule has 1 aliphatic rings. The summed E-state index contributed by atoms with van der Waals surface area (Å²) in [5.41, 5.74) is 2.95. The lowest BCUT2D eigenvalue weighted by molar-refractivity contribution is -0.121. The molecule has 1 heterocycles. The van der Waals surface area contributed by atoms with E-state index in [-0.39, 0.29) is 16.7 Å². The molecule has 0 fully saturated rings. The standard InChI is InChI=1S/C24H34ClNO2/c1-22(2,3)12-10-17-8-9-18(14-19(17)25)24(6)15-21(28)26-16-20(24)23(4,5)11-7-13-27/h8-9,13-14,16H,7,10-12,15H2,1-6H3,(H,26,28). The van der Waals surface area contributed by atoms with Crippen molar-refractivity contribution in [2.75, 3.05) is 0 Å². The zero-order valence-corrected chi connectivity index (χ0v) is 18.9. The van der Waals surface area contributed by atoms with Crippen LogP contribution >= 0.6 is 11.6 Å². The number of benzene rings is 1. The number of aryl methyl sites for hydroxylation is 1. The quantitative estimate of drug-likeness (QED) is 0.568. The van der Waals surface area contributed by atoms with Crippen LogP contribution in [0.25, 0.3) is 0 Å². The van der Waals surface area contributed by atoms with Gasteiger partial charge in [0.2, 0.25) is 5.91 Å². The number of allylic oxidation sites excluding steroid dienone is 1. The van der Waals surface area contributed by atoms with Crippen LogP contribution in [-0.2, 0) is 21.4 Å². The summed E-state index contributed by atoms with van der Waals surface area (Å²) in [6.45, 7) is 13.1. The number of halogens is 1. The van der Waals surface area contributed by atoms with Crippen LogP contribution in [0.3, 0.4) is 0 Å². The highest BCUT2D eigenvalue weighted by molar-refractivity contribution is 6.31. The molecule has 1 unspecified atom stereocenters. The molecular formula is C24H34ClNO2. The minimum Gasteiger partial charge on any atom is -0.333 e. The second kappa shape index (κ2) is 8.41. The number of carbonyl (C=O) groups is 2. The molecular weight excluding hydrogens is 370 g/mol. The number of hydrogen-bond acceptors (Lipinski definition) is 2. The Morgan fingerprint density at radius 2 is 1.86 bits per heavy atom. The molecule has 0 aromatic heterocycles. The Morgan fingerprint density at radius 3 is 2.43 bits per heavy atom. The first-order chi connectivity index (χ1) is 12.9. The van der Waals surface area contributed by atoms with Crippen LogP contribution in [0.15, 0.2) is 30.0 Å². The number of rotatable bonds is 7. The highest BCUT2D eigenvalue weighted by atomic mass is 35.5. The van der Waals surface area contributed by atoms with Crippen molar-refractivity contribution in [3.05, 3.63) is 46.1 Å². The lowest BCUT2D eigenvalue weighted by atomic mass is 9.62. The predicted molar refractivity (Wildman–Crippen MR) is 117 cm³/mol. The van der Waals surface area contributed by atoms with Gasteiger partial charge in [-0.05, 0) is 52.9 Å². The van der Waals surface area contributed by atoms with Crippen LogP contribution in [0.2, 0.25) is 5.02 Å². The minimum absolute atomic E-state index is 0.00497. The van der Waals surface area contributed by atoms with Gasteiger partial charge < -0.3 is 10.1 Å². The van der Waals surface area contributed by atoms with Crippen molar-refractivity contribution < 1.29 is 9.59 Å². The van der Waals surface area contributed by atoms with Crippen LogP contribution in [-0.4, -0.2) is 12.2 Å². The highest BCUT2D eigenvalue weighted by Crippen LogP contribution is 2.48. The van der Waals surface area contributed by atoms with Crippen LogP contribution in [0.5, 0.6) is 0 Å². The number of nitrogens with one attached hydrogen (secondary N) is 1. The van der Waals surface area contributed by atoms with Crippen LogP contribution in [0, 0.1) is 10.8 Å². The fourth-order valence-electron chi connectivity index (χ4n) is 4.14. The molecule has 3 nitrogen and oxygen atoms in total. The lowest BCUT2D eigenvalue weighted by Gasteiger charge is -2.43. The summed E-state index contributed by atoms with van der Waals surface area (Å²) in [4.78, 5) is 23.2. The second-order valence-corrected chi connectivity index (χ2v) is 10.5. The van der Waals surface area contributed by atoms with Gasteiger partial charge in [0, 0.05) is 29.5 Å². The largest absolute Gasteiger partial charge is 0.333 e. The van der Waals surface area contributed by atoms with Crippen molar-refractivity contribution >= 4 is 23.8 Å². The average molecular weight is 404 g/mol. The van der Waals surface area contributed by atoms with Crippen LogP contribution in [0.4, 0.5) is 0 Å². The van der Waals surface area contributed by atoms with E-state index in [4.69, 9.17) is 11.6 Å². The Balaban J connectivity index is 2.40. The van der Waals surface area contributed by atoms with Gasteiger partial charge in [0.15, 0.2) is 0 Å². The molecule has 0 saturated heterocycles. The van der Waals surface area contributed by atoms with Crippen LogP contribution < -0.4 is 5.32 Å². The van der Waals surface area contributed by atoms with E-state index >= 15 is 0 Å². The molecule has 0 radical (unpaired) electrons. The molecule has 0 bridgehead atoms. The van der Waals surface area contributed by atoms with E-state index in [0.29, 0.717) is 12.8 Å². The maximum Gasteiger partial charge on any atom is 0.225 e. The molecule has 1 aromatic rings. The first-order valence-corrected chi connectivity index (χ1v) is 10.5. The molecule has 1 N–H and O–H groups in total. The summed E-state index contributed by atoms with van der Waals surface area (Å²) < 4.78 is 0. The van der Waals surface area contributed by atoms with Crippen LogP contribution in [0.1, 0.15) is 78.4 Å². The molecule has 1 aromatic carbocycles. The van der Waals surface area contributed by atoms with Gasteiger partial charge in [-0.15, -0.1) is 0 Å². The molecule has 154 valence electrons. The smallest absolute Gasteiger partial charge is 0.225 e. The maximum atomic E-state index is 12.3. The van der Waals surface area contributed by atoms with Gasteiger partial charge in [0.25, 0.3) is 0 Å². The Kier molecular flexibility index (Phi) is 6.81. The topological polar surface area (TPSA) is 46.2 Å². The molecule has 2 rings (SSSR count). The molecule has 1 atom stereocenters. The second-order valence-electron chi connectivity index (χ2n) is 10.1. The summed E-state index contributed by atoms with van der Waals surface area (Å²) in [6, 6.07) is 6.26. The Bertz CT molecular complexity index is 773. The van der Waals surface area contributed by atoms with Crippen molar-refractivity contribution in [1.82, 2.24) is 5.32 Å². The van der Waals surface area contributed by atoms with Crippen molar-refractivity contribution in [1.29, 1.82) is 0 Å². The molecule has 0 spiro atoms. The summed E-state index contributed by atoms with van der Waals surface area (Å²) in [5.74, 6) is 0.00497. The number of amides is 1. The number of hydrogen-bond donors (Lipinski definition) is 1. The first-order valence-electron chi connectivity index (χ1n) is 10.1. The van der Waals surface area contributed by atoms with Gasteiger partial charge in [-0.2, -0.15) is 0 Å². The minimum atomic E-state index is -0.444. The van der Waals surface area contributed by atoms with Gasteiger partial charge in [-0.25, -0.2) is 0 Å². The lowest BCUT2D eigenvalue weighted by Crippen LogP contribution is -2.43. The third-order valence-electron chi connectivity index (χ3n) is 5.94. The Hall–Kier alpha value is -1.61. The molecule has 28 heavy (non-hydrogen) atoms. The third kappa shape index (κ3) is 5.26. The summed E-state index contributed by atoms with van der Waals surface area (Å²) >= 11 is 6.66. The van der Waals surface area contributed by atoms with Gasteiger partial charge in [0.05, 0.1) is 0 Å². The van der Waals surface area contributed by atoms with E-state index < -0.39 is 5.41 Å². The van der Waals surface area contributed by atoms with Gasteiger partial charge in [0.1, 0.15) is 6.29 Å². The van der Waals surface area contributed by atoms with Crippen molar-refractivity contribution in [3.63, 3.8) is 0 Å². The van der Waals surface area contributed by atoms with Gasteiger partial charge in [-0.3, -0.25) is 4.79 Å². The summed E-state index contributed by atoms with van der Waals surface area (Å²) in [7, 11) is 0. The number of aldehydes is 1. The molecule has 1 aliphatic heterocycles. The fraction of sp³-hybridized carbons (Fsp3) is 0.583. The Morgan fingerprint density at radius 1 is 1.18 bits per heavy atom. The third-order valence-corrected chi connectivity index (χ3v) is 6.29. The zero-order chi connectivity index (χ0) is 21.2. The molecule has 0 aliphatic carbocycles. The average Bonchev–Trinajstić information content (AvgIpc) is 2.57.